The van der Waals surface area contributed by atoms with E-state index in [4.69, 9.17) is 0 Å². The number of hydrogen-bond acceptors (Lipinski definition) is 6. The van der Waals surface area contributed by atoms with Crippen LogP contribution >= 0.6 is 11.3 Å². The summed E-state index contributed by atoms with van der Waals surface area (Å²) in [5.41, 5.74) is 9.05. The Morgan fingerprint density at radius 3 is 2.44 bits per heavy atom. The molecule has 1 aliphatic heterocycles. The number of nitrogens with zero attached hydrogens (tertiary/aromatic N) is 1. The molecule has 6 rings (SSSR count). The van der Waals surface area contributed by atoms with Crippen molar-refractivity contribution >= 4 is 21.6 Å². The van der Waals surface area contributed by atoms with Gasteiger partial charge in [0, 0.05) is 32.6 Å². The Kier molecular flexibility index (Phi) is 7.30. The third-order valence-electron chi connectivity index (χ3n) is 7.37. The molecule has 0 radical (unpaired) electrons. The Morgan fingerprint density at radius 1 is 0.897 bits per heavy atom. The van der Waals surface area contributed by atoms with Crippen molar-refractivity contribution in [3.05, 3.63) is 122 Å². The van der Waals surface area contributed by atoms with E-state index in [2.05, 4.69) is 88.0 Å². The molecule has 0 aliphatic carbocycles. The first-order valence-corrected chi connectivity index (χ1v) is 14.1. The van der Waals surface area contributed by atoms with Crippen molar-refractivity contribution in [2.75, 3.05) is 6.54 Å². The summed E-state index contributed by atoms with van der Waals surface area (Å²) in [7, 11) is 0. The lowest BCUT2D eigenvalue weighted by Crippen LogP contribution is -2.32. The monoisotopic (exact) mass is 537 g/mol. The number of aromatic amines is 1. The molecule has 5 aromatic rings. The molecule has 4 aromatic carbocycles. The number of hydrogen-bond donors (Lipinski definition) is 4. The van der Waals surface area contributed by atoms with Crippen molar-refractivity contribution in [3.8, 4) is 16.9 Å². The molecule has 1 unspecified atom stereocenters. The maximum atomic E-state index is 11.7. The molecule has 1 aliphatic rings. The number of benzene rings is 4. The van der Waals surface area contributed by atoms with Gasteiger partial charge in [0.2, 0.25) is 0 Å². The molecule has 1 atom stereocenters. The number of H-pyrrole nitrogens is 1. The topological polar surface area (TPSA) is 88.6 Å². The van der Waals surface area contributed by atoms with Crippen LogP contribution in [0.2, 0.25) is 0 Å². The summed E-state index contributed by atoms with van der Waals surface area (Å²) >= 11 is 1.05. The summed E-state index contributed by atoms with van der Waals surface area (Å²) < 4.78 is 0.686. The van der Waals surface area contributed by atoms with Gasteiger partial charge in [0.15, 0.2) is 0 Å². The van der Waals surface area contributed by atoms with Crippen LogP contribution in [0.4, 0.5) is 0 Å². The molecule has 1 aromatic heterocycles. The largest absolute Gasteiger partial charge is 0.506 e. The highest BCUT2D eigenvalue weighted by Gasteiger charge is 2.18. The molecule has 7 heteroatoms. The molecule has 4 N–H and O–H groups in total. The Bertz CT molecular complexity index is 1630. The van der Waals surface area contributed by atoms with E-state index in [9.17, 15) is 15.0 Å². The van der Waals surface area contributed by atoms with Crippen LogP contribution in [0.25, 0.3) is 21.3 Å². The van der Waals surface area contributed by atoms with Gasteiger partial charge in [0.05, 0.1) is 4.70 Å². The number of fused-ring (bicyclic) bond motifs is 2. The second-order valence-corrected chi connectivity index (χ2v) is 11.2. The van der Waals surface area contributed by atoms with E-state index in [1.54, 1.807) is 12.1 Å². The van der Waals surface area contributed by atoms with Crippen LogP contribution < -0.4 is 10.2 Å². The van der Waals surface area contributed by atoms with E-state index in [0.717, 1.165) is 43.0 Å². The van der Waals surface area contributed by atoms with E-state index < -0.39 is 6.23 Å². The maximum Gasteiger partial charge on any atom is 0.305 e. The van der Waals surface area contributed by atoms with Crippen LogP contribution in [0, 0.1) is 0 Å². The first kappa shape index (κ1) is 25.5. The molecule has 39 heavy (non-hydrogen) atoms. The number of aliphatic hydroxyl groups excluding tert-OH is 1. The number of aliphatic hydroxyl groups is 1. The molecule has 0 spiro atoms. The van der Waals surface area contributed by atoms with Crippen molar-refractivity contribution in [3.63, 3.8) is 0 Å². The zero-order valence-electron chi connectivity index (χ0n) is 21.6. The van der Waals surface area contributed by atoms with Gasteiger partial charge >= 0.3 is 4.87 Å². The summed E-state index contributed by atoms with van der Waals surface area (Å²) in [5, 5.41) is 23.7. The van der Waals surface area contributed by atoms with Crippen LogP contribution in [-0.4, -0.2) is 32.9 Å². The number of nitrogens with one attached hydrogen (secondary N) is 2. The molecule has 0 saturated carbocycles. The Balaban J connectivity index is 1.02. The summed E-state index contributed by atoms with van der Waals surface area (Å²) in [6, 6.07) is 29.4. The predicted octanol–water partition coefficient (Wildman–Crippen LogP) is 5.17. The van der Waals surface area contributed by atoms with Crippen molar-refractivity contribution in [2.24, 2.45) is 0 Å². The van der Waals surface area contributed by atoms with Gasteiger partial charge in [-0.05, 0) is 57.5 Å². The summed E-state index contributed by atoms with van der Waals surface area (Å²) in [6.45, 7) is 3.57. The van der Waals surface area contributed by atoms with E-state index in [1.807, 2.05) is 0 Å². The van der Waals surface area contributed by atoms with Gasteiger partial charge in [-0.3, -0.25) is 15.0 Å². The second-order valence-electron chi connectivity index (χ2n) is 10.2. The standard InChI is InChI=1S/C32H31N3O3S/c36-28-13-12-25(31-30(28)34-32(38)39-31)17-29(37)33-15-14-21-8-10-23(11-9-21)24-7-3-4-22(16-24)18-35-19-26-5-1-2-6-27(26)20-35/h1-13,16,29,33,36-37H,14-15,17-20H2,(H,34,38). The molecule has 0 amide bonds. The number of phenols is 1. The third kappa shape index (κ3) is 5.82. The molecular weight excluding hydrogens is 506 g/mol. The van der Waals surface area contributed by atoms with E-state index in [1.165, 1.54) is 33.4 Å². The second kappa shape index (κ2) is 11.2. The molecule has 0 bridgehead atoms. The molecule has 198 valence electrons. The normalized spacial score (nSPS) is 14.1. The van der Waals surface area contributed by atoms with Gasteiger partial charge in [0.25, 0.3) is 0 Å². The predicted molar refractivity (Wildman–Crippen MR) is 157 cm³/mol. The van der Waals surface area contributed by atoms with Crippen LogP contribution in [0.1, 0.15) is 27.8 Å². The number of aromatic hydroxyl groups is 1. The molecule has 0 fully saturated rings. The summed E-state index contributed by atoms with van der Waals surface area (Å²) in [5.74, 6) is 0.0438. The van der Waals surface area contributed by atoms with Gasteiger partial charge in [0.1, 0.15) is 17.5 Å². The minimum absolute atomic E-state index is 0.0438. The smallest absolute Gasteiger partial charge is 0.305 e. The van der Waals surface area contributed by atoms with Crippen molar-refractivity contribution < 1.29 is 10.2 Å². The zero-order chi connectivity index (χ0) is 26.8. The number of aromatic nitrogens is 1. The lowest BCUT2D eigenvalue weighted by Gasteiger charge is -2.16. The molecule has 6 nitrogen and oxygen atoms in total. The summed E-state index contributed by atoms with van der Waals surface area (Å²) in [6.07, 6.45) is 0.388. The van der Waals surface area contributed by atoms with Gasteiger partial charge in [-0.2, -0.15) is 0 Å². The van der Waals surface area contributed by atoms with Crippen LogP contribution in [0.3, 0.4) is 0 Å². The first-order valence-electron chi connectivity index (χ1n) is 13.2. The third-order valence-corrected chi connectivity index (χ3v) is 8.33. The number of rotatable bonds is 9. The molecule has 0 saturated heterocycles. The lowest BCUT2D eigenvalue weighted by atomic mass is 10.0. The van der Waals surface area contributed by atoms with Gasteiger partial charge < -0.3 is 15.2 Å². The quantitative estimate of drug-likeness (QED) is 0.195. The van der Waals surface area contributed by atoms with Crippen LogP contribution in [0.15, 0.2) is 89.7 Å². The minimum Gasteiger partial charge on any atom is -0.506 e. The molecule has 2 heterocycles. The minimum atomic E-state index is -0.750. The van der Waals surface area contributed by atoms with Crippen molar-refractivity contribution in [2.45, 2.75) is 38.7 Å². The highest BCUT2D eigenvalue weighted by Crippen LogP contribution is 2.29. The van der Waals surface area contributed by atoms with Crippen molar-refractivity contribution in [1.82, 2.24) is 15.2 Å². The lowest BCUT2D eigenvalue weighted by molar-refractivity contribution is 0.139. The first-order chi connectivity index (χ1) is 19.0. The average molecular weight is 538 g/mol. The fourth-order valence-electron chi connectivity index (χ4n) is 5.38. The fourth-order valence-corrected chi connectivity index (χ4v) is 6.26. The van der Waals surface area contributed by atoms with Crippen LogP contribution in [0.5, 0.6) is 5.75 Å². The van der Waals surface area contributed by atoms with Gasteiger partial charge in [-0.15, -0.1) is 0 Å². The highest BCUT2D eigenvalue weighted by atomic mass is 32.1. The number of thiazole rings is 1. The van der Waals surface area contributed by atoms with Gasteiger partial charge in [-0.1, -0.05) is 84.1 Å². The van der Waals surface area contributed by atoms with Gasteiger partial charge in [-0.25, -0.2) is 0 Å². The maximum absolute atomic E-state index is 11.7. The van der Waals surface area contributed by atoms with E-state index in [0.29, 0.717) is 23.2 Å². The Labute approximate surface area is 231 Å². The average Bonchev–Trinajstić information content (AvgIpc) is 3.54. The Morgan fingerprint density at radius 2 is 1.67 bits per heavy atom. The van der Waals surface area contributed by atoms with E-state index >= 15 is 0 Å². The number of phenolic OH excluding ortho intramolecular Hbond substituents is 1. The highest BCUT2D eigenvalue weighted by molar-refractivity contribution is 7.16. The fraction of sp³-hybridized carbons (Fsp3) is 0.219. The summed E-state index contributed by atoms with van der Waals surface area (Å²) in [4.78, 5) is 16.6. The SMILES string of the molecule is O=c1[nH]c2c(O)ccc(CC(O)NCCc3ccc(-c4cccc(CN5Cc6ccccc6C5)c4)cc3)c2s1. The van der Waals surface area contributed by atoms with Crippen LogP contribution in [-0.2, 0) is 32.5 Å². The zero-order valence-corrected chi connectivity index (χ0v) is 22.4. The van der Waals surface area contributed by atoms with Crippen molar-refractivity contribution in [1.29, 1.82) is 0 Å². The Hall–Kier alpha value is -3.75. The molecular formula is C32H31N3O3S. The van der Waals surface area contributed by atoms with E-state index in [-0.39, 0.29) is 10.6 Å².